The lowest BCUT2D eigenvalue weighted by atomic mass is 10.1. The minimum Gasteiger partial charge on any atom is -0.383 e. The third-order valence-electron chi connectivity index (χ3n) is 3.77. The number of nitrogens with one attached hydrogen (secondary N) is 1. The molecule has 0 amide bonds. The average molecular weight is 314 g/mol. The van der Waals surface area contributed by atoms with Crippen LogP contribution in [0.2, 0.25) is 5.02 Å². The molecule has 1 rings (SSSR count). The highest BCUT2D eigenvalue weighted by atomic mass is 35.5. The van der Waals surface area contributed by atoms with Gasteiger partial charge in [-0.3, -0.25) is 0 Å². The number of rotatable bonds is 12. The zero-order valence-corrected chi connectivity index (χ0v) is 14.0. The Hall–Kier alpha value is -0.760. The van der Waals surface area contributed by atoms with Gasteiger partial charge in [0.05, 0.1) is 5.69 Å². The van der Waals surface area contributed by atoms with Crippen LogP contribution < -0.4 is 5.32 Å². The van der Waals surface area contributed by atoms with Crippen molar-refractivity contribution in [1.29, 1.82) is 0 Å². The molecule has 0 heterocycles. The molecule has 0 saturated carbocycles. The lowest BCUT2D eigenvalue weighted by Crippen LogP contribution is -2.03. The zero-order chi connectivity index (χ0) is 15.3. The van der Waals surface area contributed by atoms with Gasteiger partial charge in [-0.05, 0) is 24.6 Å². The molecule has 0 spiro atoms. The second-order valence-corrected chi connectivity index (χ2v) is 6.17. The van der Waals surface area contributed by atoms with Gasteiger partial charge in [0.25, 0.3) is 0 Å². The molecular weight excluding hydrogens is 285 g/mol. The van der Waals surface area contributed by atoms with Crippen molar-refractivity contribution in [3.63, 3.8) is 0 Å². The van der Waals surface area contributed by atoms with Gasteiger partial charge in [-0.1, -0.05) is 76.3 Å². The molecule has 0 unspecified atom stereocenters. The van der Waals surface area contributed by atoms with Crippen molar-refractivity contribution in [2.45, 2.75) is 71.1 Å². The monoisotopic (exact) mass is 313 g/mol. The van der Waals surface area contributed by atoms with Crippen molar-refractivity contribution in [3.8, 4) is 0 Å². The molecule has 21 heavy (non-hydrogen) atoms. The maximum atomic E-state index is 13.5. The van der Waals surface area contributed by atoms with Crippen molar-refractivity contribution in [1.82, 2.24) is 0 Å². The zero-order valence-electron chi connectivity index (χ0n) is 13.3. The van der Waals surface area contributed by atoms with E-state index in [2.05, 4.69) is 12.2 Å². The summed E-state index contributed by atoms with van der Waals surface area (Å²) in [5, 5.41) is 3.69. The van der Waals surface area contributed by atoms with Crippen LogP contribution in [0.1, 0.15) is 71.1 Å². The van der Waals surface area contributed by atoms with Crippen LogP contribution in [0.3, 0.4) is 0 Å². The Kier molecular flexibility index (Phi) is 10.3. The summed E-state index contributed by atoms with van der Waals surface area (Å²) in [4.78, 5) is 0. The van der Waals surface area contributed by atoms with E-state index in [1.165, 1.54) is 63.9 Å². The molecule has 0 aromatic heterocycles. The summed E-state index contributed by atoms with van der Waals surface area (Å²) in [5.74, 6) is -0.230. The van der Waals surface area contributed by atoms with E-state index < -0.39 is 0 Å². The molecule has 1 nitrogen and oxygen atoms in total. The van der Waals surface area contributed by atoms with E-state index >= 15 is 0 Å². The van der Waals surface area contributed by atoms with E-state index in [0.717, 1.165) is 13.0 Å². The molecule has 1 N–H and O–H groups in total. The van der Waals surface area contributed by atoms with Gasteiger partial charge in [-0.25, -0.2) is 4.39 Å². The summed E-state index contributed by atoms with van der Waals surface area (Å²) in [5.41, 5.74) is 0.512. The van der Waals surface area contributed by atoms with Crippen LogP contribution in [0.4, 0.5) is 10.1 Å². The first-order chi connectivity index (χ1) is 10.2. The number of hydrogen-bond donors (Lipinski definition) is 1. The normalized spacial score (nSPS) is 10.8. The maximum absolute atomic E-state index is 13.5. The molecule has 0 atom stereocenters. The Labute approximate surface area is 134 Å². The Balaban J connectivity index is 1.94. The van der Waals surface area contributed by atoms with E-state index in [0.29, 0.717) is 10.7 Å². The fourth-order valence-corrected chi connectivity index (χ4v) is 2.64. The molecule has 0 fully saturated rings. The van der Waals surface area contributed by atoms with Gasteiger partial charge in [0.2, 0.25) is 0 Å². The van der Waals surface area contributed by atoms with Gasteiger partial charge >= 0.3 is 0 Å². The Bertz CT molecular complexity index is 381. The summed E-state index contributed by atoms with van der Waals surface area (Å²) in [6.45, 7) is 3.07. The molecule has 0 aliphatic heterocycles. The first-order valence-electron chi connectivity index (χ1n) is 8.43. The molecule has 0 saturated heterocycles. The summed E-state index contributed by atoms with van der Waals surface area (Å²) in [6.07, 6.45) is 13.1. The molecule has 0 aliphatic rings. The summed E-state index contributed by atoms with van der Waals surface area (Å²) in [7, 11) is 0. The third-order valence-corrected chi connectivity index (χ3v) is 4.01. The van der Waals surface area contributed by atoms with Crippen LogP contribution in [0.15, 0.2) is 18.2 Å². The van der Waals surface area contributed by atoms with Gasteiger partial charge in [-0.2, -0.15) is 0 Å². The first kappa shape index (κ1) is 18.3. The van der Waals surface area contributed by atoms with E-state index in [4.69, 9.17) is 11.6 Å². The van der Waals surface area contributed by atoms with Gasteiger partial charge in [0.1, 0.15) is 5.82 Å². The highest BCUT2D eigenvalue weighted by Gasteiger charge is 2.01. The number of anilines is 1. The molecular formula is C18H29ClFN. The van der Waals surface area contributed by atoms with Crippen molar-refractivity contribution in [2.75, 3.05) is 11.9 Å². The predicted octanol–water partition coefficient (Wildman–Crippen LogP) is 6.81. The smallest absolute Gasteiger partial charge is 0.146 e. The number of unbranched alkanes of at least 4 members (excludes halogenated alkanes) is 9. The van der Waals surface area contributed by atoms with E-state index in [1.54, 1.807) is 12.1 Å². The average Bonchev–Trinajstić information content (AvgIpc) is 2.48. The SMILES string of the molecule is CCCCCCCCCCCCNc1cc(Cl)ccc1F. The van der Waals surface area contributed by atoms with Crippen molar-refractivity contribution in [3.05, 3.63) is 29.0 Å². The largest absolute Gasteiger partial charge is 0.383 e. The van der Waals surface area contributed by atoms with E-state index in [-0.39, 0.29) is 5.82 Å². The van der Waals surface area contributed by atoms with Crippen LogP contribution in [0, 0.1) is 5.82 Å². The quantitative estimate of drug-likeness (QED) is 0.418. The van der Waals surface area contributed by atoms with Crippen molar-refractivity contribution in [2.24, 2.45) is 0 Å². The van der Waals surface area contributed by atoms with Crippen molar-refractivity contribution >= 4 is 17.3 Å². The van der Waals surface area contributed by atoms with Gasteiger partial charge in [0.15, 0.2) is 0 Å². The number of hydrogen-bond acceptors (Lipinski definition) is 1. The van der Waals surface area contributed by atoms with Gasteiger partial charge in [-0.15, -0.1) is 0 Å². The summed E-state index contributed by atoms with van der Waals surface area (Å²) >= 11 is 5.85. The molecule has 0 bridgehead atoms. The molecule has 1 aromatic rings. The Morgan fingerprint density at radius 2 is 1.48 bits per heavy atom. The van der Waals surface area contributed by atoms with E-state index in [1.807, 2.05) is 0 Å². The van der Waals surface area contributed by atoms with Crippen LogP contribution in [-0.2, 0) is 0 Å². The van der Waals surface area contributed by atoms with Crippen LogP contribution in [0.25, 0.3) is 0 Å². The number of benzene rings is 1. The highest BCUT2D eigenvalue weighted by molar-refractivity contribution is 6.30. The summed E-state index contributed by atoms with van der Waals surface area (Å²) in [6, 6.07) is 4.62. The second-order valence-electron chi connectivity index (χ2n) is 5.73. The Morgan fingerprint density at radius 3 is 2.10 bits per heavy atom. The topological polar surface area (TPSA) is 12.0 Å². The number of halogens is 2. The second kappa shape index (κ2) is 11.9. The highest BCUT2D eigenvalue weighted by Crippen LogP contribution is 2.19. The fourth-order valence-electron chi connectivity index (χ4n) is 2.47. The van der Waals surface area contributed by atoms with Crippen LogP contribution in [0.5, 0.6) is 0 Å². The minimum absolute atomic E-state index is 0.230. The van der Waals surface area contributed by atoms with E-state index in [9.17, 15) is 4.39 Å². The van der Waals surface area contributed by atoms with Gasteiger partial charge in [0, 0.05) is 11.6 Å². The third kappa shape index (κ3) is 8.98. The Morgan fingerprint density at radius 1 is 0.905 bits per heavy atom. The van der Waals surface area contributed by atoms with Crippen LogP contribution >= 0.6 is 11.6 Å². The first-order valence-corrected chi connectivity index (χ1v) is 8.80. The molecule has 0 radical (unpaired) electrons. The molecule has 3 heteroatoms. The molecule has 1 aromatic carbocycles. The molecule has 0 aliphatic carbocycles. The lowest BCUT2D eigenvalue weighted by Gasteiger charge is -2.08. The predicted molar refractivity (Wildman–Crippen MR) is 91.7 cm³/mol. The lowest BCUT2D eigenvalue weighted by molar-refractivity contribution is 0.559. The van der Waals surface area contributed by atoms with Gasteiger partial charge < -0.3 is 5.32 Å². The summed E-state index contributed by atoms with van der Waals surface area (Å²) < 4.78 is 13.5. The standard InChI is InChI=1S/C18H29ClFN/c1-2-3-4-5-6-7-8-9-10-11-14-21-18-15-16(19)12-13-17(18)20/h12-13,15,21H,2-11,14H2,1H3. The van der Waals surface area contributed by atoms with Crippen LogP contribution in [-0.4, -0.2) is 6.54 Å². The maximum Gasteiger partial charge on any atom is 0.146 e. The van der Waals surface area contributed by atoms with Crippen molar-refractivity contribution < 1.29 is 4.39 Å². The fraction of sp³-hybridized carbons (Fsp3) is 0.667. The molecule has 120 valence electrons. The minimum atomic E-state index is -0.230.